The van der Waals surface area contributed by atoms with Gasteiger partial charge in [0.2, 0.25) is 5.91 Å². The van der Waals surface area contributed by atoms with Gasteiger partial charge in [-0.3, -0.25) is 4.79 Å². The van der Waals surface area contributed by atoms with Crippen LogP contribution in [0.25, 0.3) is 0 Å². The highest BCUT2D eigenvalue weighted by Crippen LogP contribution is 2.26. The average Bonchev–Trinajstić information content (AvgIpc) is 3.03. The molecule has 3 rings (SSSR count). The summed E-state index contributed by atoms with van der Waals surface area (Å²) in [5.41, 5.74) is 0. The Kier molecular flexibility index (Phi) is 7.24. The Hall–Kier alpha value is -1.73. The zero-order valence-corrected chi connectivity index (χ0v) is 18.1. The second-order valence-corrected chi connectivity index (χ2v) is 9.08. The number of halogens is 1. The van der Waals surface area contributed by atoms with Crippen LogP contribution in [0.4, 0.5) is 0 Å². The highest BCUT2D eigenvalue weighted by molar-refractivity contribution is 8.00. The molecule has 1 fully saturated rings. The van der Waals surface area contributed by atoms with Crippen molar-refractivity contribution in [2.24, 2.45) is 13.0 Å². The molecule has 1 N–H and O–H groups in total. The molecular weight excluding hydrogens is 396 g/mol. The molecule has 0 saturated heterocycles. The van der Waals surface area contributed by atoms with Gasteiger partial charge in [-0.05, 0) is 49.9 Å². The van der Waals surface area contributed by atoms with Crippen LogP contribution in [0.3, 0.4) is 0 Å². The van der Waals surface area contributed by atoms with Crippen LogP contribution in [-0.2, 0) is 18.4 Å². The van der Waals surface area contributed by atoms with Crippen molar-refractivity contribution in [3.8, 4) is 5.75 Å². The van der Waals surface area contributed by atoms with Gasteiger partial charge < -0.3 is 14.6 Å². The topological polar surface area (TPSA) is 69.0 Å². The van der Waals surface area contributed by atoms with E-state index >= 15 is 0 Å². The van der Waals surface area contributed by atoms with Gasteiger partial charge in [-0.2, -0.15) is 0 Å². The summed E-state index contributed by atoms with van der Waals surface area (Å²) in [6, 6.07) is 7.47. The minimum Gasteiger partial charge on any atom is -0.486 e. The normalized spacial score (nSPS) is 20.6. The second-order valence-electron chi connectivity index (χ2n) is 7.34. The van der Waals surface area contributed by atoms with Crippen molar-refractivity contribution in [1.29, 1.82) is 0 Å². The van der Waals surface area contributed by atoms with E-state index in [1.165, 1.54) is 31.0 Å². The van der Waals surface area contributed by atoms with Crippen LogP contribution >= 0.6 is 23.4 Å². The van der Waals surface area contributed by atoms with Crippen LogP contribution in [0.15, 0.2) is 29.4 Å². The molecule has 0 spiro atoms. The number of carbonyl (C=O) groups is 1. The fourth-order valence-corrected chi connectivity index (χ4v) is 4.26. The molecule has 0 radical (unpaired) electrons. The predicted molar refractivity (Wildman–Crippen MR) is 112 cm³/mol. The lowest BCUT2D eigenvalue weighted by atomic mass is 9.86. The Morgan fingerprint density at radius 1 is 1.32 bits per heavy atom. The van der Waals surface area contributed by atoms with E-state index in [9.17, 15) is 4.79 Å². The van der Waals surface area contributed by atoms with E-state index in [2.05, 4.69) is 22.4 Å². The van der Waals surface area contributed by atoms with Crippen molar-refractivity contribution in [3.05, 3.63) is 35.1 Å². The first kappa shape index (κ1) is 21.0. The van der Waals surface area contributed by atoms with Crippen molar-refractivity contribution >= 4 is 29.3 Å². The Bertz CT molecular complexity index is 796. The number of carbonyl (C=O) groups excluding carboxylic acids is 1. The van der Waals surface area contributed by atoms with Crippen LogP contribution in [0.1, 0.15) is 45.4 Å². The number of ether oxygens (including phenoxy) is 1. The number of hydrogen-bond acceptors (Lipinski definition) is 5. The fraction of sp³-hybridized carbons (Fsp3) is 0.550. The summed E-state index contributed by atoms with van der Waals surface area (Å²) in [5.74, 6) is 2.02. The molecule has 1 aliphatic rings. The number of nitrogens with one attached hydrogen (secondary N) is 1. The van der Waals surface area contributed by atoms with Crippen LogP contribution in [0.5, 0.6) is 5.75 Å². The van der Waals surface area contributed by atoms with E-state index in [1.807, 2.05) is 30.7 Å². The van der Waals surface area contributed by atoms with Gasteiger partial charge in [-0.15, -0.1) is 10.2 Å². The summed E-state index contributed by atoms with van der Waals surface area (Å²) < 4.78 is 7.60. The minimum atomic E-state index is -0.234. The number of benzene rings is 1. The first-order valence-electron chi connectivity index (χ1n) is 9.67. The monoisotopic (exact) mass is 422 g/mol. The molecule has 1 heterocycles. The molecule has 152 valence electrons. The van der Waals surface area contributed by atoms with Crippen molar-refractivity contribution in [2.75, 3.05) is 0 Å². The lowest BCUT2D eigenvalue weighted by Gasteiger charge is -2.30. The first-order chi connectivity index (χ1) is 13.4. The predicted octanol–water partition coefficient (Wildman–Crippen LogP) is 4.22. The van der Waals surface area contributed by atoms with Crippen molar-refractivity contribution in [1.82, 2.24) is 20.1 Å². The van der Waals surface area contributed by atoms with E-state index in [-0.39, 0.29) is 17.2 Å². The molecule has 0 aliphatic heterocycles. The summed E-state index contributed by atoms with van der Waals surface area (Å²) in [7, 11) is 1.89. The zero-order chi connectivity index (χ0) is 20.1. The lowest BCUT2D eigenvalue weighted by Crippen LogP contribution is -2.44. The molecule has 1 saturated carbocycles. The Morgan fingerprint density at radius 3 is 2.75 bits per heavy atom. The third-order valence-corrected chi connectivity index (χ3v) is 6.58. The maximum Gasteiger partial charge on any atom is 0.233 e. The van der Waals surface area contributed by atoms with Gasteiger partial charge in [-0.25, -0.2) is 0 Å². The molecule has 8 heteroatoms. The molecule has 1 aromatic heterocycles. The molecule has 3 atom stereocenters. The molecule has 0 bridgehead atoms. The highest BCUT2D eigenvalue weighted by atomic mass is 35.5. The van der Waals surface area contributed by atoms with Gasteiger partial charge in [0.1, 0.15) is 12.4 Å². The fourth-order valence-electron chi connectivity index (χ4n) is 3.29. The molecule has 28 heavy (non-hydrogen) atoms. The van der Waals surface area contributed by atoms with Crippen LogP contribution < -0.4 is 10.1 Å². The molecule has 1 aromatic carbocycles. The number of thioether (sulfide) groups is 1. The third-order valence-electron chi connectivity index (χ3n) is 5.20. The number of rotatable bonds is 7. The van der Waals surface area contributed by atoms with Gasteiger partial charge in [0.15, 0.2) is 11.0 Å². The maximum absolute atomic E-state index is 12.6. The molecular formula is C20H27ClN4O2S. The van der Waals surface area contributed by atoms with Gasteiger partial charge in [0.05, 0.1) is 5.25 Å². The van der Waals surface area contributed by atoms with Gasteiger partial charge in [0.25, 0.3) is 0 Å². The molecule has 0 unspecified atom stereocenters. The number of nitrogens with zero attached hydrogens (tertiary/aromatic N) is 3. The number of aromatic nitrogens is 3. The largest absolute Gasteiger partial charge is 0.486 e. The van der Waals surface area contributed by atoms with E-state index in [0.717, 1.165) is 12.2 Å². The maximum atomic E-state index is 12.6. The van der Waals surface area contributed by atoms with E-state index in [4.69, 9.17) is 16.3 Å². The van der Waals surface area contributed by atoms with Crippen molar-refractivity contribution < 1.29 is 9.53 Å². The summed E-state index contributed by atoms with van der Waals surface area (Å²) in [6.07, 6.45) is 4.71. The summed E-state index contributed by atoms with van der Waals surface area (Å²) in [6.45, 7) is 4.43. The Morgan fingerprint density at radius 2 is 2.04 bits per heavy atom. The smallest absolute Gasteiger partial charge is 0.233 e. The SMILES string of the molecule is C[C@@H](Sc1nnc(COc2ccc(Cl)cc2)n1C)C(=O)N[C@@H]1CCCC[C@@H]1C. The minimum absolute atomic E-state index is 0.0608. The third kappa shape index (κ3) is 5.41. The average molecular weight is 423 g/mol. The standard InChI is InChI=1S/C20H27ClN4O2S/c1-13-6-4-5-7-17(13)22-19(26)14(2)28-20-24-23-18(25(20)3)12-27-16-10-8-15(21)9-11-16/h8-11,13-14,17H,4-7,12H2,1-3H3,(H,22,26)/t13-,14+,17+/m0/s1. The molecule has 1 amide bonds. The van der Waals surface area contributed by atoms with Crippen molar-refractivity contribution in [3.63, 3.8) is 0 Å². The molecule has 6 nitrogen and oxygen atoms in total. The van der Waals surface area contributed by atoms with Gasteiger partial charge in [0, 0.05) is 18.1 Å². The summed E-state index contributed by atoms with van der Waals surface area (Å²) >= 11 is 7.30. The highest BCUT2D eigenvalue weighted by Gasteiger charge is 2.26. The zero-order valence-electron chi connectivity index (χ0n) is 16.5. The summed E-state index contributed by atoms with van der Waals surface area (Å²) in [5, 5.41) is 12.8. The number of amides is 1. The number of hydrogen-bond donors (Lipinski definition) is 1. The van der Waals surface area contributed by atoms with Gasteiger partial charge >= 0.3 is 0 Å². The van der Waals surface area contributed by atoms with E-state index in [0.29, 0.717) is 28.5 Å². The second kappa shape index (κ2) is 9.65. The first-order valence-corrected chi connectivity index (χ1v) is 10.9. The van der Waals surface area contributed by atoms with Gasteiger partial charge in [-0.1, -0.05) is 43.1 Å². The van der Waals surface area contributed by atoms with Crippen LogP contribution in [-0.4, -0.2) is 32.0 Å². The Balaban J connectivity index is 1.54. The summed E-state index contributed by atoms with van der Waals surface area (Å²) in [4.78, 5) is 12.6. The quantitative estimate of drug-likeness (QED) is 0.676. The molecule has 2 aromatic rings. The van der Waals surface area contributed by atoms with E-state index < -0.39 is 0 Å². The lowest BCUT2D eigenvalue weighted by molar-refractivity contribution is -0.121. The van der Waals surface area contributed by atoms with E-state index in [1.54, 1.807) is 12.1 Å². The van der Waals surface area contributed by atoms with Crippen LogP contribution in [0.2, 0.25) is 5.02 Å². The Labute approximate surface area is 175 Å². The molecule has 1 aliphatic carbocycles. The van der Waals surface area contributed by atoms with Crippen molar-refractivity contribution in [2.45, 2.75) is 62.6 Å². The van der Waals surface area contributed by atoms with Crippen LogP contribution in [0, 0.1) is 5.92 Å².